The minimum Gasteiger partial charge on any atom is -0.496 e. The van der Waals surface area contributed by atoms with Crippen molar-refractivity contribution in [2.45, 2.75) is 13.8 Å². The first-order chi connectivity index (χ1) is 9.61. The van der Waals surface area contributed by atoms with Crippen LogP contribution in [0.1, 0.15) is 34.0 Å². The van der Waals surface area contributed by atoms with Crippen LogP contribution in [0.4, 0.5) is 0 Å². The van der Waals surface area contributed by atoms with Crippen molar-refractivity contribution in [1.82, 2.24) is 0 Å². The molecule has 100 valence electrons. The van der Waals surface area contributed by atoms with Crippen LogP contribution in [-0.4, -0.2) is 12.9 Å². The van der Waals surface area contributed by atoms with Gasteiger partial charge in [0.15, 0.2) is 5.78 Å². The monoisotopic (exact) mass is 264 g/mol. The first-order valence-electron chi connectivity index (χ1n) is 6.38. The normalized spacial score (nSPS) is 9.55. The lowest BCUT2D eigenvalue weighted by molar-refractivity contribution is 0.101. The molecule has 0 radical (unpaired) electrons. The average molecular weight is 264 g/mol. The molecule has 0 amide bonds. The van der Waals surface area contributed by atoms with Crippen LogP contribution in [0.5, 0.6) is 5.75 Å². The lowest BCUT2D eigenvalue weighted by atomic mass is 10.0. The van der Waals surface area contributed by atoms with Crippen molar-refractivity contribution >= 4 is 5.78 Å². The van der Waals surface area contributed by atoms with E-state index in [2.05, 4.69) is 11.8 Å². The molecular formula is C18H16O2. The van der Waals surface area contributed by atoms with Crippen LogP contribution in [0.15, 0.2) is 42.5 Å². The summed E-state index contributed by atoms with van der Waals surface area (Å²) in [6.45, 7) is 3.53. The molecule has 0 atom stereocenters. The van der Waals surface area contributed by atoms with E-state index in [-0.39, 0.29) is 5.78 Å². The molecule has 0 aromatic heterocycles. The smallest absolute Gasteiger partial charge is 0.161 e. The fraction of sp³-hybridized carbons (Fsp3) is 0.167. The second-order valence-corrected chi connectivity index (χ2v) is 4.54. The van der Waals surface area contributed by atoms with Crippen LogP contribution in [0.2, 0.25) is 0 Å². The van der Waals surface area contributed by atoms with Crippen molar-refractivity contribution in [3.05, 3.63) is 64.7 Å². The van der Waals surface area contributed by atoms with Crippen LogP contribution < -0.4 is 4.74 Å². The summed E-state index contributed by atoms with van der Waals surface area (Å²) in [5.41, 5.74) is 3.36. The number of hydrogen-bond donors (Lipinski definition) is 0. The van der Waals surface area contributed by atoms with Crippen LogP contribution >= 0.6 is 0 Å². The van der Waals surface area contributed by atoms with E-state index in [1.54, 1.807) is 20.1 Å². The van der Waals surface area contributed by atoms with E-state index < -0.39 is 0 Å². The zero-order valence-corrected chi connectivity index (χ0v) is 11.9. The van der Waals surface area contributed by atoms with E-state index in [9.17, 15) is 4.79 Å². The highest BCUT2D eigenvalue weighted by molar-refractivity contribution is 5.96. The summed E-state index contributed by atoms with van der Waals surface area (Å²) in [6.07, 6.45) is 0. The van der Waals surface area contributed by atoms with Crippen LogP contribution in [0.3, 0.4) is 0 Å². The molecule has 0 saturated heterocycles. The van der Waals surface area contributed by atoms with Crippen LogP contribution in [0, 0.1) is 18.8 Å². The van der Waals surface area contributed by atoms with E-state index in [0.29, 0.717) is 5.56 Å². The number of hydrogen-bond acceptors (Lipinski definition) is 2. The maximum atomic E-state index is 11.5. The Labute approximate surface area is 119 Å². The summed E-state index contributed by atoms with van der Waals surface area (Å²) in [4.78, 5) is 11.5. The van der Waals surface area contributed by atoms with E-state index in [1.807, 2.05) is 43.3 Å². The van der Waals surface area contributed by atoms with Crippen molar-refractivity contribution in [2.75, 3.05) is 7.11 Å². The third-order valence-electron chi connectivity index (χ3n) is 3.04. The molecular weight excluding hydrogens is 248 g/mol. The topological polar surface area (TPSA) is 26.3 Å². The Bertz CT molecular complexity index is 703. The molecule has 0 heterocycles. The third-order valence-corrected chi connectivity index (χ3v) is 3.04. The molecule has 2 nitrogen and oxygen atoms in total. The van der Waals surface area contributed by atoms with Gasteiger partial charge < -0.3 is 4.74 Å². The number of rotatable bonds is 2. The van der Waals surface area contributed by atoms with Crippen molar-refractivity contribution in [3.63, 3.8) is 0 Å². The Hall–Kier alpha value is -2.53. The number of carbonyl (C=O) groups is 1. The summed E-state index contributed by atoms with van der Waals surface area (Å²) in [6, 6.07) is 13.2. The fourth-order valence-electron chi connectivity index (χ4n) is 1.99. The number of carbonyl (C=O) groups excluding carboxylic acids is 1. The largest absolute Gasteiger partial charge is 0.496 e. The van der Waals surface area contributed by atoms with E-state index in [4.69, 9.17) is 4.74 Å². The zero-order chi connectivity index (χ0) is 14.5. The molecule has 2 aromatic carbocycles. The Morgan fingerprint density at radius 3 is 2.50 bits per heavy atom. The lowest BCUT2D eigenvalue weighted by Gasteiger charge is -2.03. The first kappa shape index (κ1) is 13.9. The molecule has 0 aliphatic carbocycles. The van der Waals surface area contributed by atoms with E-state index in [0.717, 1.165) is 22.4 Å². The number of ketones is 1. The average Bonchev–Trinajstić information content (AvgIpc) is 2.45. The van der Waals surface area contributed by atoms with Gasteiger partial charge in [0.05, 0.1) is 7.11 Å². The highest BCUT2D eigenvalue weighted by atomic mass is 16.5. The predicted molar refractivity (Wildman–Crippen MR) is 80.2 cm³/mol. The second kappa shape index (κ2) is 6.08. The second-order valence-electron chi connectivity index (χ2n) is 4.54. The van der Waals surface area contributed by atoms with Gasteiger partial charge in [-0.15, -0.1) is 0 Å². The molecule has 0 fully saturated rings. The van der Waals surface area contributed by atoms with Gasteiger partial charge in [-0.2, -0.15) is 0 Å². The molecule has 0 aliphatic rings. The van der Waals surface area contributed by atoms with Crippen molar-refractivity contribution in [2.24, 2.45) is 0 Å². The molecule has 0 unspecified atom stereocenters. The van der Waals surface area contributed by atoms with Crippen LogP contribution in [-0.2, 0) is 0 Å². The minimum atomic E-state index is 0.0285. The molecule has 2 heteroatoms. The number of methoxy groups -OCH3 is 1. The summed E-state index contributed by atoms with van der Waals surface area (Å²) < 4.78 is 5.22. The van der Waals surface area contributed by atoms with Gasteiger partial charge in [0.1, 0.15) is 5.75 Å². The molecule has 0 spiro atoms. The molecule has 0 aliphatic heterocycles. The number of aryl methyl sites for hydroxylation is 1. The summed E-state index contributed by atoms with van der Waals surface area (Å²) in [5, 5.41) is 0. The standard InChI is InChI=1S/C18H16O2/c1-13-12-15(9-11-18(13)20-3)8-10-16-6-4-5-7-17(16)14(2)19/h4-7,9,11-12H,1-3H3. The van der Waals surface area contributed by atoms with E-state index in [1.165, 1.54) is 0 Å². The van der Waals surface area contributed by atoms with Gasteiger partial charge in [0.2, 0.25) is 0 Å². The molecule has 2 rings (SSSR count). The fourth-order valence-corrected chi connectivity index (χ4v) is 1.99. The van der Waals surface area contributed by atoms with Crippen molar-refractivity contribution in [3.8, 4) is 17.6 Å². The zero-order valence-electron chi connectivity index (χ0n) is 11.9. The Morgan fingerprint density at radius 2 is 1.85 bits per heavy atom. The number of ether oxygens (including phenoxy) is 1. The first-order valence-corrected chi connectivity index (χ1v) is 6.38. The highest BCUT2D eigenvalue weighted by Crippen LogP contribution is 2.18. The third kappa shape index (κ3) is 3.07. The van der Waals surface area contributed by atoms with Crippen molar-refractivity contribution < 1.29 is 9.53 Å². The summed E-state index contributed by atoms with van der Waals surface area (Å²) >= 11 is 0. The minimum absolute atomic E-state index is 0.0285. The summed E-state index contributed by atoms with van der Waals surface area (Å²) in [7, 11) is 1.65. The van der Waals surface area contributed by atoms with Crippen LogP contribution in [0.25, 0.3) is 0 Å². The highest BCUT2D eigenvalue weighted by Gasteiger charge is 2.03. The van der Waals surface area contributed by atoms with Crippen molar-refractivity contribution in [1.29, 1.82) is 0 Å². The molecule has 0 N–H and O–H groups in total. The summed E-state index contributed by atoms with van der Waals surface area (Å²) in [5.74, 6) is 7.03. The van der Waals surface area contributed by atoms with E-state index >= 15 is 0 Å². The molecule has 0 bridgehead atoms. The number of benzene rings is 2. The van der Waals surface area contributed by atoms with Gasteiger partial charge in [-0.25, -0.2) is 0 Å². The Morgan fingerprint density at radius 1 is 1.10 bits per heavy atom. The van der Waals surface area contributed by atoms with Gasteiger partial charge >= 0.3 is 0 Å². The SMILES string of the molecule is COc1ccc(C#Cc2ccccc2C(C)=O)cc1C. The Kier molecular flexibility index (Phi) is 4.22. The van der Waals surface area contributed by atoms with Gasteiger partial charge in [-0.05, 0) is 43.7 Å². The predicted octanol–water partition coefficient (Wildman–Crippen LogP) is 3.61. The van der Waals surface area contributed by atoms with Gasteiger partial charge in [-0.3, -0.25) is 4.79 Å². The molecule has 2 aromatic rings. The molecule has 20 heavy (non-hydrogen) atoms. The maximum Gasteiger partial charge on any atom is 0.161 e. The quantitative estimate of drug-likeness (QED) is 0.612. The maximum absolute atomic E-state index is 11.5. The van der Waals surface area contributed by atoms with Gasteiger partial charge in [0, 0.05) is 16.7 Å². The molecule has 0 saturated carbocycles. The lowest BCUT2D eigenvalue weighted by Crippen LogP contribution is -1.95. The van der Waals surface area contributed by atoms with Gasteiger partial charge in [0.25, 0.3) is 0 Å². The Balaban J connectivity index is 2.36. The number of Topliss-reactive ketones (excluding diaryl/α,β-unsaturated/α-hetero) is 1. The van der Waals surface area contributed by atoms with Gasteiger partial charge in [-0.1, -0.05) is 30.0 Å².